The maximum atomic E-state index is 6.09. The van der Waals surface area contributed by atoms with Crippen molar-refractivity contribution in [2.75, 3.05) is 21.3 Å². The van der Waals surface area contributed by atoms with Gasteiger partial charge in [0.2, 0.25) is 6.69 Å². The average Bonchev–Trinajstić information content (AvgIpc) is 2.67. The summed E-state index contributed by atoms with van der Waals surface area (Å²) in [5, 5.41) is 0. The fourth-order valence-electron chi connectivity index (χ4n) is 4.30. The number of halogens is 2. The van der Waals surface area contributed by atoms with Gasteiger partial charge < -0.3 is 26.2 Å². The molecule has 0 bridgehead atoms. The number of hydrogen-bond donors (Lipinski definition) is 1. The summed E-state index contributed by atoms with van der Waals surface area (Å²) in [6.07, 6.45) is 7.71. The van der Waals surface area contributed by atoms with Gasteiger partial charge >= 0.3 is 17.4 Å². The standard InChI is InChI=1S/C11H26O3Si.C8H24O2Si3.C6H19NSi2.C2H6Cl2Si/c1-5-6-7-8-9-10-11-15(12-2,13-3)14-4;1-11(2,3)9-13(7,8)10-12(4,5)6;1-8(2,3)7-9(4,5)6;1-5(2,3)4/h5-11H2,1-4H3;1-8H3;7H,1-6H3;1-2H3. The molecule has 42 heavy (non-hydrogen) atoms. The van der Waals surface area contributed by atoms with E-state index in [9.17, 15) is 0 Å². The highest BCUT2D eigenvalue weighted by atomic mass is 35.7. The first kappa shape index (κ1) is 50.7. The van der Waals surface area contributed by atoms with Gasteiger partial charge in [-0.15, -0.1) is 22.2 Å². The SMILES string of the molecule is CCCCCCCC[Si](OC)(OC)OC.C[Si](C)(C)N[Si](C)(C)C.C[Si](C)(C)O[Si](C)(C)O[Si](C)(C)C.C[Si](C)(Cl)Cl. The van der Waals surface area contributed by atoms with Crippen LogP contribution in [0.1, 0.15) is 45.4 Å². The van der Waals surface area contributed by atoms with E-state index in [1.807, 2.05) is 13.1 Å². The molecule has 0 aromatic carbocycles. The normalized spacial score (nSPS) is 13.3. The molecule has 0 radical (unpaired) electrons. The van der Waals surface area contributed by atoms with Crippen molar-refractivity contribution in [1.82, 2.24) is 4.65 Å². The van der Waals surface area contributed by atoms with Gasteiger partial charge in [-0.2, -0.15) is 0 Å². The zero-order valence-corrected chi connectivity index (χ0v) is 40.3. The molecular formula is C27H75Cl2NO5Si7. The van der Waals surface area contributed by atoms with Crippen LogP contribution in [0.5, 0.6) is 0 Å². The highest BCUT2D eigenvalue weighted by Crippen LogP contribution is 2.20. The van der Waals surface area contributed by atoms with Crippen molar-refractivity contribution in [2.24, 2.45) is 0 Å². The molecule has 0 aliphatic heterocycles. The lowest BCUT2D eigenvalue weighted by molar-refractivity contribution is 0.122. The smallest absolute Gasteiger partial charge is 0.437 e. The minimum absolute atomic E-state index is 0.933. The highest BCUT2D eigenvalue weighted by molar-refractivity contribution is 7.44. The Morgan fingerprint density at radius 3 is 1.00 bits per heavy atom. The molecule has 1 N–H and O–H groups in total. The third-order valence-corrected chi connectivity index (χ3v) is 22.3. The summed E-state index contributed by atoms with van der Waals surface area (Å²) in [6.45, 7) is 36.0. The van der Waals surface area contributed by atoms with Crippen LogP contribution >= 0.6 is 22.2 Å². The first-order valence-corrected chi connectivity index (χ1v) is 39.2. The molecule has 0 aliphatic carbocycles. The van der Waals surface area contributed by atoms with Gasteiger partial charge in [0.05, 0.1) is 0 Å². The van der Waals surface area contributed by atoms with E-state index in [-0.39, 0.29) is 0 Å². The van der Waals surface area contributed by atoms with Gasteiger partial charge in [0.15, 0.2) is 16.6 Å². The second kappa shape index (κ2) is 23.2. The monoisotopic (exact) mass is 759 g/mol. The number of rotatable bonds is 16. The van der Waals surface area contributed by atoms with E-state index in [4.69, 9.17) is 43.7 Å². The number of unbranched alkanes of at least 4 members (excludes halogenated alkanes) is 5. The summed E-state index contributed by atoms with van der Waals surface area (Å²) >= 11 is 10.9. The van der Waals surface area contributed by atoms with Crippen LogP contribution in [0.25, 0.3) is 0 Å². The Bertz CT molecular complexity index is 599. The van der Waals surface area contributed by atoms with Crippen molar-refractivity contribution in [1.29, 1.82) is 0 Å². The summed E-state index contributed by atoms with van der Waals surface area (Å²) in [7, 11) is -3.93. The van der Waals surface area contributed by atoms with E-state index in [0.29, 0.717) is 0 Å². The van der Waals surface area contributed by atoms with E-state index in [2.05, 4.69) is 103 Å². The third-order valence-electron chi connectivity index (χ3n) is 4.62. The van der Waals surface area contributed by atoms with E-state index in [0.717, 1.165) is 12.5 Å². The first-order chi connectivity index (χ1) is 18.4. The summed E-state index contributed by atoms with van der Waals surface area (Å²) in [5.41, 5.74) is 0. The Morgan fingerprint density at radius 1 is 0.500 bits per heavy atom. The maximum Gasteiger partial charge on any atom is 0.500 e. The lowest BCUT2D eigenvalue weighted by atomic mass is 10.1. The second-order valence-corrected chi connectivity index (χ2v) is 50.5. The van der Waals surface area contributed by atoms with Crippen LogP contribution in [0.2, 0.25) is 111 Å². The third kappa shape index (κ3) is 48.8. The van der Waals surface area contributed by atoms with Crippen molar-refractivity contribution in [2.45, 2.75) is 156 Å². The minimum Gasteiger partial charge on any atom is -0.437 e. The predicted molar refractivity (Wildman–Crippen MR) is 210 cm³/mol. The minimum atomic E-state index is -2.29. The van der Waals surface area contributed by atoms with Gasteiger partial charge in [-0.1, -0.05) is 78.3 Å². The van der Waals surface area contributed by atoms with E-state index < -0.39 is 57.2 Å². The zero-order chi connectivity index (χ0) is 34.7. The van der Waals surface area contributed by atoms with Crippen molar-refractivity contribution < 1.29 is 21.5 Å². The molecule has 0 aromatic heterocycles. The summed E-state index contributed by atoms with van der Waals surface area (Å²) in [4.78, 5) is 0. The van der Waals surface area contributed by atoms with Crippen LogP contribution < -0.4 is 4.65 Å². The van der Waals surface area contributed by atoms with E-state index in [1.165, 1.54) is 32.1 Å². The molecular weight excluding hydrogens is 686 g/mol. The van der Waals surface area contributed by atoms with Crippen LogP contribution in [0.3, 0.4) is 0 Å². The molecule has 0 rings (SSSR count). The molecule has 15 heteroatoms. The molecule has 0 spiro atoms. The average molecular weight is 761 g/mol. The van der Waals surface area contributed by atoms with Crippen LogP contribution in [-0.4, -0.2) is 78.5 Å². The Hall–Kier alpha value is 1.86. The van der Waals surface area contributed by atoms with Crippen molar-refractivity contribution in [3.8, 4) is 0 Å². The van der Waals surface area contributed by atoms with Crippen molar-refractivity contribution in [3.05, 3.63) is 0 Å². The Morgan fingerprint density at radius 2 is 0.786 bits per heavy atom. The molecule has 0 aromatic rings. The van der Waals surface area contributed by atoms with Crippen LogP contribution in [0.15, 0.2) is 0 Å². The second-order valence-electron chi connectivity index (χ2n) is 15.6. The van der Waals surface area contributed by atoms with E-state index >= 15 is 0 Å². The quantitative estimate of drug-likeness (QED) is 0.0960. The van der Waals surface area contributed by atoms with Crippen molar-refractivity contribution >= 4 is 79.3 Å². The van der Waals surface area contributed by atoms with Gasteiger partial charge in [-0.3, -0.25) is 0 Å². The topological polar surface area (TPSA) is 58.2 Å². The lowest BCUT2D eigenvalue weighted by Crippen LogP contribution is -2.55. The van der Waals surface area contributed by atoms with Gasteiger partial charge in [-0.25, -0.2) is 0 Å². The van der Waals surface area contributed by atoms with Crippen LogP contribution in [-0.2, 0) is 21.5 Å². The Kier molecular flexibility index (Phi) is 28.0. The molecule has 0 saturated carbocycles. The predicted octanol–water partition coefficient (Wildman–Crippen LogP) is 11.0. The fraction of sp³-hybridized carbons (Fsp3) is 1.00. The summed E-state index contributed by atoms with van der Waals surface area (Å²) in [5.74, 6) is 0. The van der Waals surface area contributed by atoms with Crippen molar-refractivity contribution in [3.63, 3.8) is 0 Å². The van der Waals surface area contributed by atoms with Crippen LogP contribution in [0, 0.1) is 0 Å². The largest absolute Gasteiger partial charge is 0.500 e. The lowest BCUT2D eigenvalue weighted by Gasteiger charge is -2.35. The molecule has 0 heterocycles. The number of nitrogens with one attached hydrogen (secondary N) is 1. The summed E-state index contributed by atoms with van der Waals surface area (Å²) in [6, 6.07) is 0.933. The first-order valence-electron chi connectivity index (χ1n) is 15.6. The van der Waals surface area contributed by atoms with Crippen LogP contribution in [0.4, 0.5) is 0 Å². The fourth-order valence-corrected chi connectivity index (χ4v) is 27.4. The molecule has 0 saturated heterocycles. The molecule has 0 aliphatic rings. The zero-order valence-electron chi connectivity index (χ0n) is 31.7. The maximum absolute atomic E-state index is 6.09. The Balaban J connectivity index is -0.000000244. The molecule has 0 amide bonds. The highest BCUT2D eigenvalue weighted by Gasteiger charge is 2.37. The molecule has 0 atom stereocenters. The Labute approximate surface area is 281 Å². The van der Waals surface area contributed by atoms with Gasteiger partial charge in [-0.05, 0) is 71.9 Å². The molecule has 0 unspecified atom stereocenters. The number of hydrogen-bond acceptors (Lipinski definition) is 6. The van der Waals surface area contributed by atoms with E-state index in [1.54, 1.807) is 21.3 Å². The molecule has 260 valence electrons. The molecule has 6 nitrogen and oxygen atoms in total. The van der Waals surface area contributed by atoms with Gasteiger partial charge in [0, 0.05) is 27.4 Å². The van der Waals surface area contributed by atoms with Gasteiger partial charge in [0.25, 0.3) is 0 Å². The summed E-state index contributed by atoms with van der Waals surface area (Å²) < 4.78 is 32.0. The van der Waals surface area contributed by atoms with Gasteiger partial charge in [0.1, 0.15) is 16.5 Å². The molecule has 0 fully saturated rings.